The minimum absolute atomic E-state index is 0.0205. The van der Waals surface area contributed by atoms with Gasteiger partial charge in [-0.3, -0.25) is 9.36 Å². The number of pyridine rings is 1. The summed E-state index contributed by atoms with van der Waals surface area (Å²) >= 11 is 0. The molecule has 0 aliphatic carbocycles. The molecule has 0 amide bonds. The van der Waals surface area contributed by atoms with E-state index in [1.165, 1.54) is 10.6 Å². The topological polar surface area (TPSA) is 71.3 Å². The molecule has 2 rings (SSSR count). The highest BCUT2D eigenvalue weighted by molar-refractivity contribution is 5.95. The maximum absolute atomic E-state index is 11.7. The summed E-state index contributed by atoms with van der Waals surface area (Å²) in [7, 11) is 0. The summed E-state index contributed by atoms with van der Waals surface area (Å²) in [5.41, 5.74) is 0.693. The molecule has 1 aromatic rings. The van der Waals surface area contributed by atoms with Gasteiger partial charge in [0.25, 0.3) is 5.56 Å². The first-order valence-corrected chi connectivity index (χ1v) is 5.27. The predicted molar refractivity (Wildman–Crippen MR) is 60.2 cm³/mol. The molecule has 0 radical (unpaired) electrons. The second kappa shape index (κ2) is 3.66. The first kappa shape index (κ1) is 10.7. The molecular weight excluding hydrogens is 208 g/mol. The van der Waals surface area contributed by atoms with Crippen LogP contribution in [-0.2, 0) is 6.54 Å². The maximum atomic E-state index is 11.7. The number of fused-ring (bicyclic) bond motifs is 1. The Balaban J connectivity index is 2.77. The summed E-state index contributed by atoms with van der Waals surface area (Å²) in [6, 6.07) is 1.44. The van der Waals surface area contributed by atoms with Crippen LogP contribution >= 0.6 is 0 Å². The second-order valence-electron chi connectivity index (χ2n) is 4.20. The van der Waals surface area contributed by atoms with E-state index < -0.39 is 5.97 Å². The van der Waals surface area contributed by atoms with E-state index in [0.29, 0.717) is 24.5 Å². The maximum Gasteiger partial charge on any atom is 0.339 e. The Hall–Kier alpha value is -1.78. The van der Waals surface area contributed by atoms with Gasteiger partial charge in [0.15, 0.2) is 0 Å². The van der Waals surface area contributed by atoms with E-state index in [4.69, 9.17) is 0 Å². The largest absolute Gasteiger partial charge is 0.478 e. The lowest BCUT2D eigenvalue weighted by atomic mass is 9.98. The van der Waals surface area contributed by atoms with E-state index in [0.717, 1.165) is 0 Å². The zero-order chi connectivity index (χ0) is 11.9. The van der Waals surface area contributed by atoms with Crippen molar-refractivity contribution in [3.05, 3.63) is 27.5 Å². The van der Waals surface area contributed by atoms with Gasteiger partial charge in [-0.15, -0.1) is 0 Å². The van der Waals surface area contributed by atoms with Gasteiger partial charge < -0.3 is 10.4 Å². The van der Waals surface area contributed by atoms with Gasteiger partial charge in [0.05, 0.1) is 0 Å². The van der Waals surface area contributed by atoms with Gasteiger partial charge in [0, 0.05) is 19.2 Å². The van der Waals surface area contributed by atoms with Crippen LogP contribution < -0.4 is 10.9 Å². The summed E-state index contributed by atoms with van der Waals surface area (Å²) in [5.74, 6) is -0.516. The Kier molecular flexibility index (Phi) is 2.46. The Morgan fingerprint density at radius 2 is 2.25 bits per heavy atom. The van der Waals surface area contributed by atoms with Crippen molar-refractivity contribution >= 4 is 11.8 Å². The van der Waals surface area contributed by atoms with Crippen molar-refractivity contribution in [2.75, 3.05) is 11.9 Å². The first-order chi connectivity index (χ1) is 7.52. The molecule has 0 bridgehead atoms. The molecule has 0 unspecified atom stereocenters. The summed E-state index contributed by atoms with van der Waals surface area (Å²) in [4.78, 5) is 23.0. The smallest absolute Gasteiger partial charge is 0.339 e. The normalized spacial score (nSPS) is 13.7. The van der Waals surface area contributed by atoms with Crippen LogP contribution in [0.3, 0.4) is 0 Å². The van der Waals surface area contributed by atoms with Crippen molar-refractivity contribution < 1.29 is 9.90 Å². The number of anilines is 1. The Bertz CT molecular complexity index is 503. The Morgan fingerprint density at radius 3 is 2.81 bits per heavy atom. The first-order valence-electron chi connectivity index (χ1n) is 5.27. The average molecular weight is 222 g/mol. The third-order valence-electron chi connectivity index (χ3n) is 2.80. The molecule has 1 aliphatic rings. The fourth-order valence-electron chi connectivity index (χ4n) is 2.04. The van der Waals surface area contributed by atoms with Gasteiger partial charge in [-0.1, -0.05) is 13.8 Å². The van der Waals surface area contributed by atoms with Crippen molar-refractivity contribution in [2.45, 2.75) is 26.3 Å². The quantitative estimate of drug-likeness (QED) is 0.785. The SMILES string of the molecule is CC(C)c1cc(=O)n2c(c1C(=O)O)NCC2. The van der Waals surface area contributed by atoms with Crippen LogP contribution in [0.4, 0.5) is 5.82 Å². The molecule has 0 spiro atoms. The number of hydrogen-bond acceptors (Lipinski definition) is 3. The number of carbonyl (C=O) groups is 1. The standard InChI is InChI=1S/C11H14N2O3/c1-6(2)7-5-8(14)13-4-3-12-10(13)9(7)11(15)16/h5-6,12H,3-4H2,1-2H3,(H,15,16). The number of carboxylic acid groups (broad SMARTS) is 1. The van der Waals surface area contributed by atoms with Gasteiger partial charge >= 0.3 is 5.97 Å². The van der Waals surface area contributed by atoms with E-state index in [1.54, 1.807) is 0 Å². The molecule has 2 heterocycles. The van der Waals surface area contributed by atoms with Crippen LogP contribution in [0.25, 0.3) is 0 Å². The molecule has 0 fully saturated rings. The van der Waals surface area contributed by atoms with Crippen LogP contribution in [0, 0.1) is 0 Å². The molecule has 16 heavy (non-hydrogen) atoms. The van der Waals surface area contributed by atoms with Crippen LogP contribution in [0.2, 0.25) is 0 Å². The number of carboxylic acids is 1. The third-order valence-corrected chi connectivity index (χ3v) is 2.80. The minimum atomic E-state index is -0.984. The lowest BCUT2D eigenvalue weighted by molar-refractivity contribution is 0.0695. The van der Waals surface area contributed by atoms with E-state index in [9.17, 15) is 14.7 Å². The number of nitrogens with zero attached hydrogens (tertiary/aromatic N) is 1. The molecule has 1 aromatic heterocycles. The lowest BCUT2D eigenvalue weighted by Gasteiger charge is -2.13. The molecule has 0 saturated heterocycles. The number of hydrogen-bond donors (Lipinski definition) is 2. The summed E-state index contributed by atoms with van der Waals surface area (Å²) < 4.78 is 1.48. The molecule has 86 valence electrons. The van der Waals surface area contributed by atoms with Crippen molar-refractivity contribution in [1.82, 2.24) is 4.57 Å². The monoisotopic (exact) mass is 222 g/mol. The molecule has 2 N–H and O–H groups in total. The molecular formula is C11H14N2O3. The van der Waals surface area contributed by atoms with Gasteiger partial charge in [-0.25, -0.2) is 4.79 Å². The molecule has 0 atom stereocenters. The van der Waals surface area contributed by atoms with Crippen molar-refractivity contribution in [3.8, 4) is 0 Å². The van der Waals surface area contributed by atoms with Crippen molar-refractivity contribution in [3.63, 3.8) is 0 Å². The Labute approximate surface area is 92.7 Å². The van der Waals surface area contributed by atoms with Crippen LogP contribution in [0.1, 0.15) is 35.7 Å². The van der Waals surface area contributed by atoms with E-state index in [1.807, 2.05) is 13.8 Å². The fourth-order valence-corrected chi connectivity index (χ4v) is 2.04. The summed E-state index contributed by atoms with van der Waals surface area (Å²) in [6.07, 6.45) is 0. The van der Waals surface area contributed by atoms with E-state index in [2.05, 4.69) is 5.32 Å². The number of aromatic nitrogens is 1. The molecule has 5 heteroatoms. The second-order valence-corrected chi connectivity index (χ2v) is 4.20. The fraction of sp³-hybridized carbons (Fsp3) is 0.455. The van der Waals surface area contributed by atoms with Gasteiger partial charge in [-0.05, 0) is 11.5 Å². The van der Waals surface area contributed by atoms with Crippen LogP contribution in [0.15, 0.2) is 10.9 Å². The number of nitrogens with one attached hydrogen (secondary N) is 1. The summed E-state index contributed by atoms with van der Waals surface area (Å²) in [6.45, 7) is 4.91. The molecule has 0 aromatic carbocycles. The van der Waals surface area contributed by atoms with Gasteiger partial charge in [0.2, 0.25) is 0 Å². The van der Waals surface area contributed by atoms with Crippen LogP contribution in [0.5, 0.6) is 0 Å². The lowest BCUT2D eigenvalue weighted by Crippen LogP contribution is -2.22. The molecule has 1 aliphatic heterocycles. The van der Waals surface area contributed by atoms with Gasteiger partial charge in [0.1, 0.15) is 11.4 Å². The molecule has 5 nitrogen and oxygen atoms in total. The van der Waals surface area contributed by atoms with E-state index in [-0.39, 0.29) is 17.0 Å². The highest BCUT2D eigenvalue weighted by Gasteiger charge is 2.24. The molecule has 0 saturated carbocycles. The third kappa shape index (κ3) is 1.48. The zero-order valence-electron chi connectivity index (χ0n) is 9.28. The number of aromatic carboxylic acids is 1. The summed E-state index contributed by atoms with van der Waals surface area (Å²) in [5, 5.41) is 12.2. The van der Waals surface area contributed by atoms with E-state index >= 15 is 0 Å². The van der Waals surface area contributed by atoms with Crippen molar-refractivity contribution in [2.24, 2.45) is 0 Å². The van der Waals surface area contributed by atoms with Crippen LogP contribution in [-0.4, -0.2) is 22.2 Å². The zero-order valence-corrected chi connectivity index (χ0v) is 9.28. The van der Waals surface area contributed by atoms with Gasteiger partial charge in [-0.2, -0.15) is 0 Å². The Morgan fingerprint density at radius 1 is 1.56 bits per heavy atom. The minimum Gasteiger partial charge on any atom is -0.478 e. The highest BCUT2D eigenvalue weighted by Crippen LogP contribution is 2.26. The van der Waals surface area contributed by atoms with Crippen molar-refractivity contribution in [1.29, 1.82) is 0 Å². The number of rotatable bonds is 2. The predicted octanol–water partition coefficient (Wildman–Crippen LogP) is 1.10. The highest BCUT2D eigenvalue weighted by atomic mass is 16.4. The average Bonchev–Trinajstić information content (AvgIpc) is 2.65.